The number of halogens is 1. The molecule has 1 aliphatic rings. The number of rotatable bonds is 5. The predicted octanol–water partition coefficient (Wildman–Crippen LogP) is 1.87. The molecular formula is C17H13ClN6O3. The summed E-state index contributed by atoms with van der Waals surface area (Å²) in [4.78, 5) is 13.2. The summed E-state index contributed by atoms with van der Waals surface area (Å²) in [5.74, 6) is 1.09. The molecule has 3 aromatic rings. The maximum atomic E-state index is 12.0. The predicted molar refractivity (Wildman–Crippen MR) is 96.6 cm³/mol. The van der Waals surface area contributed by atoms with Crippen molar-refractivity contribution in [1.29, 1.82) is 0 Å². The fraction of sp³-hybridized carbons (Fsp3) is 0.118. The van der Waals surface area contributed by atoms with Gasteiger partial charge in [0.1, 0.15) is 6.54 Å². The summed E-state index contributed by atoms with van der Waals surface area (Å²) in [5, 5.41) is 16.3. The third-order valence-electron chi connectivity index (χ3n) is 3.62. The number of benzene rings is 2. The first kappa shape index (κ1) is 17.0. The summed E-state index contributed by atoms with van der Waals surface area (Å²) >= 11 is 6.10. The average Bonchev–Trinajstić information content (AvgIpc) is 3.32. The van der Waals surface area contributed by atoms with Crippen molar-refractivity contribution in [3.05, 3.63) is 53.1 Å². The fourth-order valence-corrected chi connectivity index (χ4v) is 2.69. The summed E-state index contributed by atoms with van der Waals surface area (Å²) in [6.07, 6.45) is 1.45. The second-order valence-electron chi connectivity index (χ2n) is 5.54. The number of carbonyl (C=O) groups is 1. The largest absolute Gasteiger partial charge is 0.454 e. The Morgan fingerprint density at radius 3 is 3.00 bits per heavy atom. The van der Waals surface area contributed by atoms with Crippen molar-refractivity contribution < 1.29 is 14.3 Å². The topological polar surface area (TPSA) is 104 Å². The molecule has 1 amide bonds. The lowest BCUT2D eigenvalue weighted by Crippen LogP contribution is -2.24. The van der Waals surface area contributed by atoms with Gasteiger partial charge >= 0.3 is 0 Å². The molecule has 0 saturated heterocycles. The minimum atomic E-state index is -0.393. The first-order chi connectivity index (χ1) is 13.2. The van der Waals surface area contributed by atoms with Crippen LogP contribution in [0.2, 0.25) is 5.02 Å². The van der Waals surface area contributed by atoms with E-state index >= 15 is 0 Å². The number of aromatic nitrogens is 4. The number of hydrogen-bond donors (Lipinski definition) is 1. The van der Waals surface area contributed by atoms with E-state index in [-0.39, 0.29) is 13.3 Å². The summed E-state index contributed by atoms with van der Waals surface area (Å²) in [7, 11) is 0. The Bertz CT molecular complexity index is 1010. The van der Waals surface area contributed by atoms with E-state index in [0.717, 1.165) is 5.56 Å². The molecule has 0 fully saturated rings. The van der Waals surface area contributed by atoms with E-state index in [1.54, 1.807) is 12.1 Å². The van der Waals surface area contributed by atoms with Crippen molar-refractivity contribution in [2.45, 2.75) is 6.54 Å². The van der Waals surface area contributed by atoms with E-state index in [0.29, 0.717) is 27.9 Å². The number of hydrogen-bond acceptors (Lipinski definition) is 7. The van der Waals surface area contributed by atoms with E-state index in [1.165, 1.54) is 11.0 Å². The van der Waals surface area contributed by atoms with Crippen molar-refractivity contribution in [3.8, 4) is 22.9 Å². The van der Waals surface area contributed by atoms with Crippen LogP contribution in [0.4, 0.5) is 0 Å². The monoisotopic (exact) mass is 384 g/mol. The molecule has 1 aliphatic heterocycles. The quantitative estimate of drug-likeness (QED) is 0.532. The first-order valence-electron chi connectivity index (χ1n) is 7.93. The molecule has 0 spiro atoms. The third-order valence-corrected chi connectivity index (χ3v) is 3.90. The Hall–Kier alpha value is -3.46. The molecule has 1 aromatic heterocycles. The van der Waals surface area contributed by atoms with E-state index in [9.17, 15) is 4.79 Å². The van der Waals surface area contributed by atoms with Gasteiger partial charge < -0.3 is 9.47 Å². The van der Waals surface area contributed by atoms with Gasteiger partial charge in [0.05, 0.1) is 11.2 Å². The van der Waals surface area contributed by atoms with Crippen LogP contribution < -0.4 is 14.9 Å². The van der Waals surface area contributed by atoms with Gasteiger partial charge in [0.15, 0.2) is 11.5 Å². The number of tetrazole rings is 1. The Balaban J connectivity index is 1.36. The van der Waals surface area contributed by atoms with Gasteiger partial charge in [-0.15, -0.1) is 10.2 Å². The van der Waals surface area contributed by atoms with Gasteiger partial charge in [0, 0.05) is 5.56 Å². The normalized spacial score (nSPS) is 12.5. The van der Waals surface area contributed by atoms with Crippen LogP contribution in [0.3, 0.4) is 0 Å². The summed E-state index contributed by atoms with van der Waals surface area (Å²) in [5.41, 5.74) is 3.89. The Morgan fingerprint density at radius 1 is 1.30 bits per heavy atom. The number of hydrazone groups is 1. The van der Waals surface area contributed by atoms with Gasteiger partial charge in [-0.3, -0.25) is 4.79 Å². The zero-order chi connectivity index (χ0) is 18.6. The minimum Gasteiger partial charge on any atom is -0.454 e. The van der Waals surface area contributed by atoms with Crippen LogP contribution in [-0.4, -0.2) is 39.1 Å². The zero-order valence-corrected chi connectivity index (χ0v) is 14.6. The van der Waals surface area contributed by atoms with Gasteiger partial charge in [-0.1, -0.05) is 41.9 Å². The van der Waals surface area contributed by atoms with E-state index in [4.69, 9.17) is 21.1 Å². The molecule has 0 saturated carbocycles. The van der Waals surface area contributed by atoms with Crippen molar-refractivity contribution in [2.75, 3.05) is 6.79 Å². The highest BCUT2D eigenvalue weighted by atomic mass is 35.5. The van der Waals surface area contributed by atoms with E-state index in [1.807, 2.05) is 30.3 Å². The smallest absolute Gasteiger partial charge is 0.263 e. The molecule has 10 heteroatoms. The summed E-state index contributed by atoms with van der Waals surface area (Å²) < 4.78 is 10.5. The highest BCUT2D eigenvalue weighted by Gasteiger charge is 2.17. The maximum Gasteiger partial charge on any atom is 0.263 e. The third kappa shape index (κ3) is 3.87. The molecule has 0 radical (unpaired) electrons. The highest BCUT2D eigenvalue weighted by Crippen LogP contribution is 2.39. The van der Waals surface area contributed by atoms with Gasteiger partial charge in [-0.2, -0.15) is 9.90 Å². The maximum absolute atomic E-state index is 12.0. The fourth-order valence-electron chi connectivity index (χ4n) is 2.42. The van der Waals surface area contributed by atoms with Crippen molar-refractivity contribution in [1.82, 2.24) is 25.6 Å². The molecule has 0 unspecified atom stereocenters. The lowest BCUT2D eigenvalue weighted by molar-refractivity contribution is -0.122. The molecule has 2 heterocycles. The molecule has 136 valence electrons. The van der Waals surface area contributed by atoms with Gasteiger partial charge in [-0.05, 0) is 22.9 Å². The van der Waals surface area contributed by atoms with E-state index < -0.39 is 5.91 Å². The number of fused-ring (bicyclic) bond motifs is 1. The molecule has 0 atom stereocenters. The number of ether oxygens (including phenoxy) is 2. The molecule has 27 heavy (non-hydrogen) atoms. The van der Waals surface area contributed by atoms with Crippen molar-refractivity contribution in [2.24, 2.45) is 5.10 Å². The number of amides is 1. The average molecular weight is 385 g/mol. The Kier molecular flexibility index (Phi) is 4.67. The van der Waals surface area contributed by atoms with Gasteiger partial charge in [0.25, 0.3) is 5.91 Å². The van der Waals surface area contributed by atoms with Crippen LogP contribution in [0.1, 0.15) is 5.56 Å². The molecule has 9 nitrogen and oxygen atoms in total. The molecule has 0 aliphatic carbocycles. The van der Waals surface area contributed by atoms with Crippen LogP contribution in [0, 0.1) is 0 Å². The first-order valence-corrected chi connectivity index (χ1v) is 8.31. The number of nitrogens with zero attached hydrogens (tertiary/aromatic N) is 5. The Morgan fingerprint density at radius 2 is 2.15 bits per heavy atom. The standard InChI is InChI=1S/C17H13ClN6O3/c18-13-6-11(7-14-16(13)27-10-26-14)8-19-20-15(25)9-24-22-17(21-23-24)12-4-2-1-3-5-12/h1-8H,9-10H2,(H,20,25)/b19-8-. The molecule has 4 rings (SSSR count). The Labute approximate surface area is 158 Å². The highest BCUT2D eigenvalue weighted by molar-refractivity contribution is 6.32. The van der Waals surface area contributed by atoms with Crippen LogP contribution >= 0.6 is 11.6 Å². The van der Waals surface area contributed by atoms with Crippen molar-refractivity contribution >= 4 is 23.7 Å². The molecule has 1 N–H and O–H groups in total. The van der Waals surface area contributed by atoms with Crippen LogP contribution in [-0.2, 0) is 11.3 Å². The molecule has 2 aromatic carbocycles. The van der Waals surface area contributed by atoms with Crippen LogP contribution in [0.15, 0.2) is 47.6 Å². The summed E-state index contributed by atoms with van der Waals surface area (Å²) in [6, 6.07) is 12.8. The van der Waals surface area contributed by atoms with E-state index in [2.05, 4.69) is 25.9 Å². The molecule has 0 bridgehead atoms. The number of nitrogens with one attached hydrogen (secondary N) is 1. The van der Waals surface area contributed by atoms with Gasteiger partial charge in [-0.25, -0.2) is 5.43 Å². The van der Waals surface area contributed by atoms with Crippen molar-refractivity contribution in [3.63, 3.8) is 0 Å². The second kappa shape index (κ2) is 7.42. The van der Waals surface area contributed by atoms with Crippen LogP contribution in [0.25, 0.3) is 11.4 Å². The summed E-state index contributed by atoms with van der Waals surface area (Å²) in [6.45, 7) is 0.0152. The zero-order valence-electron chi connectivity index (χ0n) is 13.9. The van der Waals surface area contributed by atoms with Crippen LogP contribution in [0.5, 0.6) is 11.5 Å². The molecular weight excluding hydrogens is 372 g/mol. The second-order valence-corrected chi connectivity index (χ2v) is 5.95. The minimum absolute atomic E-state index is 0.112. The SMILES string of the molecule is O=C(Cn1nnc(-c2ccccc2)n1)N/N=C\c1cc(Cl)c2c(c1)OCO2. The lowest BCUT2D eigenvalue weighted by atomic mass is 10.2. The van der Waals surface area contributed by atoms with Gasteiger partial charge in [0.2, 0.25) is 12.6 Å². The lowest BCUT2D eigenvalue weighted by Gasteiger charge is -2.01. The number of carbonyl (C=O) groups excluding carboxylic acids is 1.